The van der Waals surface area contributed by atoms with Crippen LogP contribution in [-0.4, -0.2) is 36.4 Å². The molecule has 1 amide bonds. The molecule has 1 aliphatic heterocycles. The van der Waals surface area contributed by atoms with Gasteiger partial charge >= 0.3 is 0 Å². The number of likely N-dealkylation sites (tertiary alicyclic amines) is 1. The predicted octanol–water partition coefficient (Wildman–Crippen LogP) is -0.483. The summed E-state index contributed by atoms with van der Waals surface area (Å²) in [6.07, 6.45) is 1.79. The van der Waals surface area contributed by atoms with Crippen LogP contribution in [0.4, 0.5) is 0 Å². The van der Waals surface area contributed by atoms with E-state index in [2.05, 4.69) is 11.9 Å². The number of hydrogen-bond acceptors (Lipinski definition) is 2. The van der Waals surface area contributed by atoms with Gasteiger partial charge in [0.25, 0.3) is 0 Å². The van der Waals surface area contributed by atoms with Gasteiger partial charge in [-0.25, -0.2) is 0 Å². The first-order valence-corrected chi connectivity index (χ1v) is 4.84. The van der Waals surface area contributed by atoms with Crippen LogP contribution in [0.15, 0.2) is 4.99 Å². The van der Waals surface area contributed by atoms with Crippen molar-refractivity contribution in [2.24, 2.45) is 22.4 Å². The number of piperidine rings is 1. The molecule has 80 valence electrons. The van der Waals surface area contributed by atoms with Gasteiger partial charge in [0.1, 0.15) is 0 Å². The van der Waals surface area contributed by atoms with E-state index in [1.807, 2.05) is 4.90 Å². The number of aliphatic imine (C=N–C) groups is 1. The van der Waals surface area contributed by atoms with Crippen LogP contribution in [0.1, 0.15) is 19.8 Å². The minimum absolute atomic E-state index is 0.0912. The van der Waals surface area contributed by atoms with Crippen molar-refractivity contribution < 1.29 is 4.79 Å². The minimum atomic E-state index is -0.245. The fourth-order valence-electron chi connectivity index (χ4n) is 1.79. The molecule has 4 N–H and O–H groups in total. The standard InChI is InChI=1S/C9H18N4O/c1-6-3-4-7(8(10)14)5-13(6)9(11)12-2/h6-7H,3-5H2,1-2H3,(H2,10,14)(H2,11,12). The van der Waals surface area contributed by atoms with Crippen LogP contribution in [0, 0.1) is 5.92 Å². The molecule has 0 aliphatic carbocycles. The molecule has 2 unspecified atom stereocenters. The predicted molar refractivity (Wildman–Crippen MR) is 55.6 cm³/mol. The fourth-order valence-corrected chi connectivity index (χ4v) is 1.79. The molecule has 1 saturated heterocycles. The Labute approximate surface area is 84.1 Å². The third-order valence-electron chi connectivity index (χ3n) is 2.81. The summed E-state index contributed by atoms with van der Waals surface area (Å²) in [5.41, 5.74) is 11.0. The number of nitrogens with zero attached hydrogens (tertiary/aromatic N) is 2. The van der Waals surface area contributed by atoms with Gasteiger partial charge < -0.3 is 16.4 Å². The van der Waals surface area contributed by atoms with Gasteiger partial charge in [0.05, 0.1) is 5.92 Å². The number of nitrogens with two attached hydrogens (primary N) is 2. The summed E-state index contributed by atoms with van der Waals surface area (Å²) in [6, 6.07) is 0.342. The van der Waals surface area contributed by atoms with Crippen LogP contribution in [0.3, 0.4) is 0 Å². The number of primary amides is 1. The second-order valence-corrected chi connectivity index (χ2v) is 3.76. The lowest BCUT2D eigenvalue weighted by molar-refractivity contribution is -0.123. The third kappa shape index (κ3) is 2.16. The molecule has 1 aliphatic rings. The van der Waals surface area contributed by atoms with Gasteiger partial charge in [0, 0.05) is 19.6 Å². The van der Waals surface area contributed by atoms with E-state index in [0.717, 1.165) is 12.8 Å². The summed E-state index contributed by atoms with van der Waals surface area (Å²) in [6.45, 7) is 2.68. The van der Waals surface area contributed by atoms with Crippen LogP contribution in [0.25, 0.3) is 0 Å². The Balaban J connectivity index is 2.69. The smallest absolute Gasteiger partial charge is 0.222 e. The molecule has 0 aromatic heterocycles. The number of amides is 1. The van der Waals surface area contributed by atoms with E-state index in [1.165, 1.54) is 0 Å². The van der Waals surface area contributed by atoms with Crippen molar-refractivity contribution in [2.45, 2.75) is 25.8 Å². The van der Waals surface area contributed by atoms with Gasteiger partial charge in [-0.05, 0) is 19.8 Å². The van der Waals surface area contributed by atoms with Crippen molar-refractivity contribution in [2.75, 3.05) is 13.6 Å². The van der Waals surface area contributed by atoms with Crippen molar-refractivity contribution in [3.8, 4) is 0 Å². The average Bonchev–Trinajstić information content (AvgIpc) is 2.17. The molecule has 1 rings (SSSR count). The molecular weight excluding hydrogens is 180 g/mol. The van der Waals surface area contributed by atoms with Gasteiger partial charge in [-0.2, -0.15) is 0 Å². The first kappa shape index (κ1) is 10.8. The molecule has 14 heavy (non-hydrogen) atoms. The molecule has 2 atom stereocenters. The second kappa shape index (κ2) is 4.30. The zero-order valence-electron chi connectivity index (χ0n) is 8.73. The first-order valence-electron chi connectivity index (χ1n) is 4.84. The van der Waals surface area contributed by atoms with E-state index in [1.54, 1.807) is 7.05 Å². The highest BCUT2D eigenvalue weighted by molar-refractivity contribution is 5.81. The van der Waals surface area contributed by atoms with Crippen LogP contribution < -0.4 is 11.5 Å². The normalized spacial score (nSPS) is 29.0. The Morgan fingerprint density at radius 2 is 2.07 bits per heavy atom. The van der Waals surface area contributed by atoms with E-state index in [4.69, 9.17) is 11.5 Å². The highest BCUT2D eigenvalue weighted by atomic mass is 16.1. The number of rotatable bonds is 1. The summed E-state index contributed by atoms with van der Waals surface area (Å²) in [5.74, 6) is 0.153. The molecule has 5 nitrogen and oxygen atoms in total. The highest BCUT2D eigenvalue weighted by Crippen LogP contribution is 2.21. The Bertz CT molecular complexity index is 251. The molecule has 0 aromatic carbocycles. The Hall–Kier alpha value is -1.26. The molecule has 1 fully saturated rings. The zero-order valence-corrected chi connectivity index (χ0v) is 8.73. The topological polar surface area (TPSA) is 84.7 Å². The maximum Gasteiger partial charge on any atom is 0.222 e. The minimum Gasteiger partial charge on any atom is -0.370 e. The van der Waals surface area contributed by atoms with E-state index in [9.17, 15) is 4.79 Å². The van der Waals surface area contributed by atoms with Crippen LogP contribution in [0.5, 0.6) is 0 Å². The van der Waals surface area contributed by atoms with Gasteiger partial charge in [-0.3, -0.25) is 9.79 Å². The lowest BCUT2D eigenvalue weighted by Crippen LogP contribution is -2.51. The SMILES string of the molecule is CN=C(N)N1CC(C(N)=O)CCC1C. The van der Waals surface area contributed by atoms with Gasteiger partial charge in [0.2, 0.25) is 5.91 Å². The maximum absolute atomic E-state index is 11.0. The lowest BCUT2D eigenvalue weighted by Gasteiger charge is -2.37. The van der Waals surface area contributed by atoms with E-state index in [0.29, 0.717) is 18.5 Å². The van der Waals surface area contributed by atoms with Gasteiger partial charge in [-0.1, -0.05) is 0 Å². The Morgan fingerprint density at radius 3 is 2.57 bits per heavy atom. The van der Waals surface area contributed by atoms with Crippen LogP contribution in [0.2, 0.25) is 0 Å². The molecule has 0 aromatic rings. The molecule has 0 radical (unpaired) electrons. The maximum atomic E-state index is 11.0. The largest absolute Gasteiger partial charge is 0.370 e. The Kier molecular flexibility index (Phi) is 3.33. The Morgan fingerprint density at radius 1 is 1.43 bits per heavy atom. The molecule has 1 heterocycles. The number of guanidine groups is 1. The highest BCUT2D eigenvalue weighted by Gasteiger charge is 2.29. The van der Waals surface area contributed by atoms with Crippen molar-refractivity contribution in [3.05, 3.63) is 0 Å². The summed E-state index contributed by atoms with van der Waals surface area (Å²) < 4.78 is 0. The number of carbonyl (C=O) groups excluding carboxylic acids is 1. The number of carbonyl (C=O) groups is 1. The zero-order chi connectivity index (χ0) is 10.7. The van der Waals surface area contributed by atoms with E-state index in [-0.39, 0.29) is 11.8 Å². The van der Waals surface area contributed by atoms with Gasteiger partial charge in [0.15, 0.2) is 5.96 Å². The number of hydrogen-bond donors (Lipinski definition) is 2. The summed E-state index contributed by atoms with van der Waals surface area (Å²) in [4.78, 5) is 16.9. The summed E-state index contributed by atoms with van der Waals surface area (Å²) in [7, 11) is 1.65. The molecule has 0 spiro atoms. The van der Waals surface area contributed by atoms with Crippen molar-refractivity contribution in [3.63, 3.8) is 0 Å². The van der Waals surface area contributed by atoms with E-state index >= 15 is 0 Å². The van der Waals surface area contributed by atoms with Crippen LogP contribution >= 0.6 is 0 Å². The first-order chi connectivity index (χ1) is 6.56. The van der Waals surface area contributed by atoms with Crippen LogP contribution in [-0.2, 0) is 4.79 Å². The lowest BCUT2D eigenvalue weighted by atomic mass is 9.93. The molecule has 0 bridgehead atoms. The van der Waals surface area contributed by atoms with Crippen molar-refractivity contribution >= 4 is 11.9 Å². The summed E-state index contributed by atoms with van der Waals surface area (Å²) in [5, 5.41) is 0. The molecule has 5 heteroatoms. The quantitative estimate of drug-likeness (QED) is 0.440. The molecular formula is C9H18N4O. The van der Waals surface area contributed by atoms with Gasteiger partial charge in [-0.15, -0.1) is 0 Å². The average molecular weight is 198 g/mol. The second-order valence-electron chi connectivity index (χ2n) is 3.76. The summed E-state index contributed by atoms with van der Waals surface area (Å²) >= 11 is 0. The third-order valence-corrected chi connectivity index (χ3v) is 2.81. The monoisotopic (exact) mass is 198 g/mol. The fraction of sp³-hybridized carbons (Fsp3) is 0.778. The molecule has 0 saturated carbocycles. The van der Waals surface area contributed by atoms with E-state index < -0.39 is 0 Å². The van der Waals surface area contributed by atoms with Crippen molar-refractivity contribution in [1.29, 1.82) is 0 Å². The van der Waals surface area contributed by atoms with Crippen molar-refractivity contribution in [1.82, 2.24) is 4.90 Å².